The van der Waals surface area contributed by atoms with E-state index in [4.69, 9.17) is 0 Å². The van der Waals surface area contributed by atoms with Crippen molar-refractivity contribution in [2.75, 3.05) is 11.9 Å². The van der Waals surface area contributed by atoms with Crippen LogP contribution < -0.4 is 16.0 Å². The zero-order chi connectivity index (χ0) is 21.3. The minimum Gasteiger partial charge on any atom is -0.351 e. The van der Waals surface area contributed by atoms with Gasteiger partial charge in [0.05, 0.1) is 11.7 Å². The molecule has 2 heterocycles. The zero-order valence-corrected chi connectivity index (χ0v) is 17.6. The van der Waals surface area contributed by atoms with Crippen LogP contribution in [0.4, 0.5) is 5.69 Å². The first-order valence-corrected chi connectivity index (χ1v) is 9.73. The van der Waals surface area contributed by atoms with Gasteiger partial charge in [-0.05, 0) is 52.3 Å². The average molecular weight is 396 g/mol. The van der Waals surface area contributed by atoms with Crippen molar-refractivity contribution in [2.45, 2.75) is 52.6 Å². The van der Waals surface area contributed by atoms with Gasteiger partial charge in [-0.2, -0.15) is 0 Å². The van der Waals surface area contributed by atoms with Crippen LogP contribution in [0.3, 0.4) is 0 Å². The van der Waals surface area contributed by atoms with Gasteiger partial charge in [-0.15, -0.1) is 0 Å². The van der Waals surface area contributed by atoms with E-state index < -0.39 is 0 Å². The third kappa shape index (κ3) is 4.85. The first-order chi connectivity index (χ1) is 13.5. The maximum Gasteiger partial charge on any atom is 0.268 e. The molecular formula is C22H28N4O3. The molecule has 0 radical (unpaired) electrons. The number of fused-ring (bicyclic) bond motifs is 1. The number of benzene rings is 1. The molecule has 0 saturated heterocycles. The molecule has 1 aliphatic rings. The number of aromatic nitrogens is 1. The summed E-state index contributed by atoms with van der Waals surface area (Å²) in [5, 5.41) is 8.63. The standard InChI is InChI=1S/C22H28N4O3/c1-13-6-7-17(14(2)8-13)20(28)24-15-9-18-21(29)23-11-16(26(18)12-15)10-19(27)25-22(3,4)5/h6-9,12,16H,10-11H2,1-5H3,(H,23,29)(H,24,28)(H,25,27). The van der Waals surface area contributed by atoms with E-state index in [9.17, 15) is 14.4 Å². The third-order valence-corrected chi connectivity index (χ3v) is 4.79. The Morgan fingerprint density at radius 3 is 2.59 bits per heavy atom. The SMILES string of the molecule is Cc1ccc(C(=O)Nc2cc3n(c2)C(CC(=O)NC(C)(C)C)CNC3=O)c(C)c1. The summed E-state index contributed by atoms with van der Waals surface area (Å²) < 4.78 is 1.78. The molecule has 0 saturated carbocycles. The van der Waals surface area contributed by atoms with Gasteiger partial charge in [-0.1, -0.05) is 17.7 Å². The molecule has 0 spiro atoms. The van der Waals surface area contributed by atoms with Crippen molar-refractivity contribution in [3.8, 4) is 0 Å². The molecular weight excluding hydrogens is 368 g/mol. The lowest BCUT2D eigenvalue weighted by atomic mass is 10.1. The summed E-state index contributed by atoms with van der Waals surface area (Å²) in [6.45, 7) is 10.0. The van der Waals surface area contributed by atoms with Crippen LogP contribution in [0.2, 0.25) is 0 Å². The van der Waals surface area contributed by atoms with Crippen molar-refractivity contribution in [1.82, 2.24) is 15.2 Å². The Hall–Kier alpha value is -3.09. The second kappa shape index (κ2) is 7.73. The molecule has 3 rings (SSSR count). The third-order valence-electron chi connectivity index (χ3n) is 4.79. The van der Waals surface area contributed by atoms with Gasteiger partial charge in [-0.25, -0.2) is 0 Å². The number of aryl methyl sites for hydroxylation is 2. The minimum absolute atomic E-state index is 0.0841. The van der Waals surface area contributed by atoms with Crippen molar-refractivity contribution in [2.24, 2.45) is 0 Å². The van der Waals surface area contributed by atoms with Gasteiger partial charge >= 0.3 is 0 Å². The number of hydrogen-bond acceptors (Lipinski definition) is 3. The van der Waals surface area contributed by atoms with E-state index in [2.05, 4.69) is 16.0 Å². The molecule has 1 aliphatic heterocycles. The number of nitrogens with zero attached hydrogens (tertiary/aromatic N) is 1. The van der Waals surface area contributed by atoms with E-state index >= 15 is 0 Å². The predicted molar refractivity (Wildman–Crippen MR) is 112 cm³/mol. The van der Waals surface area contributed by atoms with Crippen LogP contribution in [0, 0.1) is 13.8 Å². The molecule has 2 aromatic rings. The fourth-order valence-electron chi connectivity index (χ4n) is 3.55. The Morgan fingerprint density at radius 1 is 1.21 bits per heavy atom. The number of rotatable bonds is 4. The number of nitrogens with one attached hydrogen (secondary N) is 3. The summed E-state index contributed by atoms with van der Waals surface area (Å²) in [7, 11) is 0. The highest BCUT2D eigenvalue weighted by molar-refractivity contribution is 6.06. The number of carbonyl (C=O) groups is 3. The van der Waals surface area contributed by atoms with Gasteiger partial charge in [-0.3, -0.25) is 14.4 Å². The fourth-order valence-corrected chi connectivity index (χ4v) is 3.55. The summed E-state index contributed by atoms with van der Waals surface area (Å²) >= 11 is 0. The number of hydrogen-bond donors (Lipinski definition) is 3. The van der Waals surface area contributed by atoms with Crippen LogP contribution >= 0.6 is 0 Å². The Bertz CT molecular complexity index is 969. The van der Waals surface area contributed by atoms with Crippen molar-refractivity contribution >= 4 is 23.4 Å². The van der Waals surface area contributed by atoms with Crippen LogP contribution in [-0.2, 0) is 4.79 Å². The lowest BCUT2D eigenvalue weighted by Gasteiger charge is -2.28. The van der Waals surface area contributed by atoms with Crippen LogP contribution in [0.1, 0.15) is 65.2 Å². The Kier molecular flexibility index (Phi) is 5.50. The van der Waals surface area contributed by atoms with E-state index in [1.165, 1.54) is 0 Å². The van der Waals surface area contributed by atoms with Crippen molar-refractivity contribution in [3.05, 3.63) is 52.8 Å². The summed E-state index contributed by atoms with van der Waals surface area (Å²) in [5.41, 5.74) is 3.21. The summed E-state index contributed by atoms with van der Waals surface area (Å²) in [5.74, 6) is -0.531. The molecule has 29 heavy (non-hydrogen) atoms. The highest BCUT2D eigenvalue weighted by atomic mass is 16.2. The molecule has 0 fully saturated rings. The monoisotopic (exact) mass is 396 g/mol. The highest BCUT2D eigenvalue weighted by Gasteiger charge is 2.28. The van der Waals surface area contributed by atoms with Crippen molar-refractivity contribution in [1.29, 1.82) is 0 Å². The van der Waals surface area contributed by atoms with E-state index in [0.29, 0.717) is 23.5 Å². The first kappa shape index (κ1) is 20.6. The lowest BCUT2D eigenvalue weighted by molar-refractivity contribution is -0.123. The van der Waals surface area contributed by atoms with Crippen LogP contribution in [0.15, 0.2) is 30.5 Å². The second-order valence-corrected chi connectivity index (χ2v) is 8.66. The quantitative estimate of drug-likeness (QED) is 0.742. The Labute approximate surface area is 170 Å². The maximum absolute atomic E-state index is 12.7. The number of amides is 3. The zero-order valence-electron chi connectivity index (χ0n) is 17.6. The fraction of sp³-hybridized carbons (Fsp3) is 0.409. The molecule has 7 heteroatoms. The van der Waals surface area contributed by atoms with Crippen molar-refractivity contribution < 1.29 is 14.4 Å². The Balaban J connectivity index is 1.79. The molecule has 1 aromatic carbocycles. The smallest absolute Gasteiger partial charge is 0.268 e. The topological polar surface area (TPSA) is 92.2 Å². The van der Waals surface area contributed by atoms with E-state index in [1.807, 2.05) is 46.8 Å². The van der Waals surface area contributed by atoms with Gasteiger partial charge in [0.2, 0.25) is 5.91 Å². The highest BCUT2D eigenvalue weighted by Crippen LogP contribution is 2.25. The molecule has 1 aromatic heterocycles. The van der Waals surface area contributed by atoms with Gasteiger partial charge in [0.1, 0.15) is 5.69 Å². The summed E-state index contributed by atoms with van der Waals surface area (Å²) in [6.07, 6.45) is 1.97. The molecule has 1 atom stereocenters. The molecule has 3 amide bonds. The first-order valence-electron chi connectivity index (χ1n) is 9.73. The van der Waals surface area contributed by atoms with Gasteiger partial charge in [0.15, 0.2) is 0 Å². The second-order valence-electron chi connectivity index (χ2n) is 8.66. The van der Waals surface area contributed by atoms with Crippen LogP contribution in [-0.4, -0.2) is 34.4 Å². The largest absolute Gasteiger partial charge is 0.351 e. The molecule has 7 nitrogen and oxygen atoms in total. The van der Waals surface area contributed by atoms with E-state index in [1.54, 1.807) is 22.9 Å². The summed E-state index contributed by atoms with van der Waals surface area (Å²) in [6, 6.07) is 7.07. The van der Waals surface area contributed by atoms with Crippen LogP contribution in [0.25, 0.3) is 0 Å². The van der Waals surface area contributed by atoms with Gasteiger partial charge in [0, 0.05) is 30.3 Å². The molecule has 1 unspecified atom stereocenters. The van der Waals surface area contributed by atoms with Gasteiger partial charge < -0.3 is 20.5 Å². The maximum atomic E-state index is 12.7. The summed E-state index contributed by atoms with van der Waals surface area (Å²) in [4.78, 5) is 37.3. The molecule has 154 valence electrons. The molecule has 3 N–H and O–H groups in total. The van der Waals surface area contributed by atoms with Gasteiger partial charge in [0.25, 0.3) is 11.8 Å². The van der Waals surface area contributed by atoms with Crippen molar-refractivity contribution in [3.63, 3.8) is 0 Å². The predicted octanol–water partition coefficient (Wildman–Crippen LogP) is 2.95. The number of carbonyl (C=O) groups excluding carboxylic acids is 3. The van der Waals surface area contributed by atoms with E-state index in [-0.39, 0.29) is 35.7 Å². The molecule has 0 bridgehead atoms. The van der Waals surface area contributed by atoms with Crippen LogP contribution in [0.5, 0.6) is 0 Å². The minimum atomic E-state index is -0.320. The molecule has 0 aliphatic carbocycles. The normalized spacial score (nSPS) is 16.0. The lowest BCUT2D eigenvalue weighted by Crippen LogP contribution is -2.44. The Morgan fingerprint density at radius 2 is 1.93 bits per heavy atom. The van der Waals surface area contributed by atoms with E-state index in [0.717, 1.165) is 11.1 Å². The number of anilines is 1. The average Bonchev–Trinajstić information content (AvgIpc) is 3.00.